The van der Waals surface area contributed by atoms with Crippen LogP contribution in [-0.2, 0) is 16.4 Å². The molecule has 5 rings (SSSR count). The maximum Gasteiger partial charge on any atom is 0.241 e. The van der Waals surface area contributed by atoms with E-state index < -0.39 is 10.0 Å². The minimum atomic E-state index is -3.81. The lowest BCUT2D eigenvalue weighted by Gasteiger charge is -2.14. The van der Waals surface area contributed by atoms with Crippen molar-refractivity contribution >= 4 is 57.2 Å². The molecule has 1 heterocycles. The molecule has 0 bridgehead atoms. The van der Waals surface area contributed by atoms with E-state index in [-0.39, 0.29) is 42.0 Å². The number of aromatic hydroxyl groups is 1. The summed E-state index contributed by atoms with van der Waals surface area (Å²) in [6.07, 6.45) is 4.70. The normalized spacial score (nSPS) is 11.0. The van der Waals surface area contributed by atoms with Gasteiger partial charge in [0.05, 0.1) is 11.5 Å². The molecule has 5 aromatic rings. The van der Waals surface area contributed by atoms with E-state index in [9.17, 15) is 13.5 Å². The Morgan fingerprint density at radius 2 is 1.66 bits per heavy atom. The SMILES string of the molecule is Cl.Cl.O=S(=O)(NCCNCCCOc1ccc(Cl)cc1Cc1ccccc1)c1cc(-c2cccc(O)c2)cc2cnccc12. The van der Waals surface area contributed by atoms with Crippen molar-refractivity contribution in [2.24, 2.45) is 0 Å². The number of phenols is 1. The molecule has 0 radical (unpaired) electrons. The highest BCUT2D eigenvalue weighted by Gasteiger charge is 2.19. The lowest BCUT2D eigenvalue weighted by molar-refractivity contribution is 0.306. The van der Waals surface area contributed by atoms with E-state index in [0.29, 0.717) is 46.6 Å². The number of halogens is 3. The highest BCUT2D eigenvalue weighted by atomic mass is 35.5. The van der Waals surface area contributed by atoms with Gasteiger partial charge in [0.2, 0.25) is 10.0 Å². The summed E-state index contributed by atoms with van der Waals surface area (Å²) in [7, 11) is -3.81. The van der Waals surface area contributed by atoms with E-state index in [1.54, 1.807) is 42.7 Å². The number of aromatic nitrogens is 1. The molecule has 0 aliphatic rings. The van der Waals surface area contributed by atoms with Crippen molar-refractivity contribution in [3.8, 4) is 22.6 Å². The molecule has 232 valence electrons. The molecule has 0 amide bonds. The van der Waals surface area contributed by atoms with Gasteiger partial charge in [-0.1, -0.05) is 54.1 Å². The summed E-state index contributed by atoms with van der Waals surface area (Å²) < 4.78 is 35.4. The first-order valence-electron chi connectivity index (χ1n) is 13.7. The zero-order chi connectivity index (χ0) is 29.4. The average Bonchev–Trinajstić information content (AvgIpc) is 2.99. The fourth-order valence-electron chi connectivity index (χ4n) is 4.75. The first kappa shape index (κ1) is 35.1. The van der Waals surface area contributed by atoms with Crippen LogP contribution < -0.4 is 14.8 Å². The van der Waals surface area contributed by atoms with E-state index in [4.69, 9.17) is 16.3 Å². The topological polar surface area (TPSA) is 101 Å². The third kappa shape index (κ3) is 9.32. The summed E-state index contributed by atoms with van der Waals surface area (Å²) in [5, 5.41) is 15.1. The number of rotatable bonds is 13. The second-order valence-corrected chi connectivity index (χ2v) is 12.1. The molecule has 0 atom stereocenters. The van der Waals surface area contributed by atoms with Gasteiger partial charge in [0.1, 0.15) is 11.5 Å². The Bertz CT molecular complexity index is 1770. The van der Waals surface area contributed by atoms with Gasteiger partial charge in [-0.25, -0.2) is 13.1 Å². The molecule has 0 aliphatic carbocycles. The number of hydrogen-bond acceptors (Lipinski definition) is 6. The van der Waals surface area contributed by atoms with Crippen LogP contribution in [0.1, 0.15) is 17.5 Å². The third-order valence-corrected chi connectivity index (χ3v) is 8.53. The second kappa shape index (κ2) is 16.6. The number of phenolic OH excluding ortho intramolecular Hbond substituents is 1. The van der Waals surface area contributed by atoms with Crippen LogP contribution in [0.3, 0.4) is 0 Å². The molecule has 11 heteroatoms. The maximum absolute atomic E-state index is 13.3. The number of ether oxygens (including phenoxy) is 1. The number of fused-ring (bicyclic) bond motifs is 1. The Hall–Kier alpha value is -3.37. The number of nitrogens with zero attached hydrogens (tertiary/aromatic N) is 1. The number of benzene rings is 4. The number of nitrogens with one attached hydrogen (secondary N) is 2. The molecular formula is C33H34Cl3N3O4S. The summed E-state index contributed by atoms with van der Waals surface area (Å²) in [6, 6.07) is 27.8. The fourth-order valence-corrected chi connectivity index (χ4v) is 6.23. The van der Waals surface area contributed by atoms with Crippen LogP contribution in [0, 0.1) is 0 Å². The Labute approximate surface area is 275 Å². The second-order valence-electron chi connectivity index (χ2n) is 9.89. The van der Waals surface area contributed by atoms with E-state index in [0.717, 1.165) is 24.2 Å². The minimum Gasteiger partial charge on any atom is -0.508 e. The summed E-state index contributed by atoms with van der Waals surface area (Å²) in [6.45, 7) is 1.88. The van der Waals surface area contributed by atoms with Gasteiger partial charge in [-0.15, -0.1) is 24.8 Å². The number of pyridine rings is 1. The first-order chi connectivity index (χ1) is 20.4. The van der Waals surface area contributed by atoms with Gasteiger partial charge in [-0.05, 0) is 83.8 Å². The van der Waals surface area contributed by atoms with Gasteiger partial charge in [-0.3, -0.25) is 4.98 Å². The van der Waals surface area contributed by atoms with Crippen molar-refractivity contribution in [1.82, 2.24) is 15.0 Å². The lowest BCUT2D eigenvalue weighted by atomic mass is 10.0. The monoisotopic (exact) mass is 673 g/mol. The fraction of sp³-hybridized carbons (Fsp3) is 0.182. The standard InChI is InChI=1S/C33H32ClN3O4S.2ClH/c34-29-10-11-32(27(20-29)18-24-6-2-1-3-7-24)41-17-5-13-35-15-16-37-42(39,40)33-22-26(25-8-4-9-30(38)21-25)19-28-23-36-14-12-31(28)33;;/h1-4,6-12,14,19-23,35,37-38H,5,13,15-18H2;2*1H. The van der Waals surface area contributed by atoms with Crippen molar-refractivity contribution in [3.63, 3.8) is 0 Å². The average molecular weight is 675 g/mol. The maximum atomic E-state index is 13.3. The molecule has 3 N–H and O–H groups in total. The molecule has 0 unspecified atom stereocenters. The van der Waals surface area contributed by atoms with Crippen molar-refractivity contribution in [1.29, 1.82) is 0 Å². The van der Waals surface area contributed by atoms with Gasteiger partial charge < -0.3 is 15.2 Å². The Balaban J connectivity index is 0.00000264. The number of sulfonamides is 1. The molecule has 0 spiro atoms. The largest absolute Gasteiger partial charge is 0.508 e. The highest BCUT2D eigenvalue weighted by Crippen LogP contribution is 2.31. The van der Waals surface area contributed by atoms with Crippen LogP contribution >= 0.6 is 36.4 Å². The van der Waals surface area contributed by atoms with Crippen LogP contribution in [0.15, 0.2) is 108 Å². The van der Waals surface area contributed by atoms with Crippen molar-refractivity contribution in [3.05, 3.63) is 120 Å². The van der Waals surface area contributed by atoms with Gasteiger partial charge in [-0.2, -0.15) is 0 Å². The van der Waals surface area contributed by atoms with Crippen molar-refractivity contribution in [2.45, 2.75) is 17.7 Å². The zero-order valence-corrected chi connectivity index (χ0v) is 27.0. The molecule has 44 heavy (non-hydrogen) atoms. The first-order valence-corrected chi connectivity index (χ1v) is 15.6. The van der Waals surface area contributed by atoms with Crippen LogP contribution in [0.2, 0.25) is 5.02 Å². The molecule has 1 aromatic heterocycles. The summed E-state index contributed by atoms with van der Waals surface area (Å²) in [5.74, 6) is 0.921. The smallest absolute Gasteiger partial charge is 0.241 e. The predicted octanol–water partition coefficient (Wildman–Crippen LogP) is 7.03. The summed E-state index contributed by atoms with van der Waals surface area (Å²) >= 11 is 6.23. The molecule has 0 aliphatic heterocycles. The molecule has 4 aromatic carbocycles. The predicted molar refractivity (Wildman–Crippen MR) is 182 cm³/mol. The quantitative estimate of drug-likeness (QED) is 0.116. The van der Waals surface area contributed by atoms with Gasteiger partial charge in [0, 0.05) is 47.7 Å². The van der Waals surface area contributed by atoms with Crippen LogP contribution in [0.25, 0.3) is 21.9 Å². The van der Waals surface area contributed by atoms with Crippen LogP contribution in [0.5, 0.6) is 11.5 Å². The molecule has 0 fully saturated rings. The molecule has 0 saturated heterocycles. The van der Waals surface area contributed by atoms with Gasteiger partial charge in [0.15, 0.2) is 0 Å². The number of hydrogen-bond donors (Lipinski definition) is 3. The zero-order valence-electron chi connectivity index (χ0n) is 23.8. The molecule has 0 saturated carbocycles. The Morgan fingerprint density at radius 3 is 2.45 bits per heavy atom. The van der Waals surface area contributed by atoms with E-state index >= 15 is 0 Å². The molecular weight excluding hydrogens is 641 g/mol. The van der Waals surface area contributed by atoms with Gasteiger partial charge in [0.25, 0.3) is 0 Å². The van der Waals surface area contributed by atoms with Gasteiger partial charge >= 0.3 is 0 Å². The third-order valence-electron chi connectivity index (χ3n) is 6.79. The molecule has 7 nitrogen and oxygen atoms in total. The van der Waals surface area contributed by atoms with Crippen molar-refractivity contribution in [2.75, 3.05) is 26.2 Å². The van der Waals surface area contributed by atoms with Crippen molar-refractivity contribution < 1.29 is 18.3 Å². The minimum absolute atomic E-state index is 0. The van der Waals surface area contributed by atoms with E-state index in [1.807, 2.05) is 48.5 Å². The summed E-state index contributed by atoms with van der Waals surface area (Å²) in [4.78, 5) is 4.33. The lowest BCUT2D eigenvalue weighted by Crippen LogP contribution is -2.32. The van der Waals surface area contributed by atoms with E-state index in [2.05, 4.69) is 27.2 Å². The Kier molecular flexibility index (Phi) is 13.3. The van der Waals surface area contributed by atoms with Crippen LogP contribution in [-0.4, -0.2) is 44.7 Å². The Morgan fingerprint density at radius 1 is 0.841 bits per heavy atom. The summed E-state index contributed by atoms with van der Waals surface area (Å²) in [5.41, 5.74) is 3.61. The van der Waals surface area contributed by atoms with E-state index in [1.165, 1.54) is 5.56 Å². The highest BCUT2D eigenvalue weighted by molar-refractivity contribution is 7.89. The van der Waals surface area contributed by atoms with Crippen LogP contribution in [0.4, 0.5) is 0 Å².